The van der Waals surface area contributed by atoms with E-state index < -0.39 is 0 Å². The van der Waals surface area contributed by atoms with E-state index in [9.17, 15) is 5.11 Å². The minimum Gasteiger partial charge on any atom is -0.393 e. The van der Waals surface area contributed by atoms with Crippen molar-refractivity contribution in [2.45, 2.75) is 59.5 Å². The molecule has 0 amide bonds. The summed E-state index contributed by atoms with van der Waals surface area (Å²) in [6, 6.07) is 0. The van der Waals surface area contributed by atoms with Gasteiger partial charge in [-0.05, 0) is 30.6 Å². The molecular weight excluding hydrogens is 172 g/mol. The van der Waals surface area contributed by atoms with Crippen LogP contribution in [0.4, 0.5) is 0 Å². The fourth-order valence-electron chi connectivity index (χ4n) is 1.32. The topological polar surface area (TPSA) is 20.2 Å². The number of hydrogen-bond acceptors (Lipinski definition) is 1. The van der Waals surface area contributed by atoms with Crippen LogP contribution in [0.5, 0.6) is 0 Å². The number of aliphatic hydroxyl groups is 1. The summed E-state index contributed by atoms with van der Waals surface area (Å²) in [7, 11) is 0. The standard InChI is InChI=1S/C13H24O/c1-6-7-8-9-12(14)10-11(2)13(3,4)5/h1,11-12,14H,7-10H2,2-5H3. The molecule has 0 saturated carbocycles. The Morgan fingerprint density at radius 1 is 1.36 bits per heavy atom. The molecule has 1 heteroatoms. The lowest BCUT2D eigenvalue weighted by Crippen LogP contribution is -2.22. The molecule has 0 radical (unpaired) electrons. The molecule has 0 saturated heterocycles. The Morgan fingerprint density at radius 2 is 1.93 bits per heavy atom. The van der Waals surface area contributed by atoms with Crippen LogP contribution in [0.15, 0.2) is 0 Å². The van der Waals surface area contributed by atoms with Gasteiger partial charge in [-0.2, -0.15) is 0 Å². The van der Waals surface area contributed by atoms with Gasteiger partial charge in [-0.1, -0.05) is 27.7 Å². The molecule has 82 valence electrons. The molecule has 0 aromatic rings. The molecule has 1 nitrogen and oxygen atoms in total. The first-order valence-corrected chi connectivity index (χ1v) is 5.49. The van der Waals surface area contributed by atoms with Gasteiger partial charge in [-0.3, -0.25) is 0 Å². The molecule has 14 heavy (non-hydrogen) atoms. The van der Waals surface area contributed by atoms with E-state index in [1.54, 1.807) is 0 Å². The largest absolute Gasteiger partial charge is 0.393 e. The first kappa shape index (κ1) is 13.5. The zero-order chi connectivity index (χ0) is 11.2. The highest BCUT2D eigenvalue weighted by Gasteiger charge is 2.22. The summed E-state index contributed by atoms with van der Waals surface area (Å²) < 4.78 is 0. The van der Waals surface area contributed by atoms with E-state index in [1.165, 1.54) is 0 Å². The van der Waals surface area contributed by atoms with Crippen molar-refractivity contribution in [1.82, 2.24) is 0 Å². The average molecular weight is 196 g/mol. The molecule has 0 aliphatic rings. The van der Waals surface area contributed by atoms with Crippen LogP contribution in [0, 0.1) is 23.7 Å². The fourth-order valence-corrected chi connectivity index (χ4v) is 1.32. The first-order chi connectivity index (χ1) is 6.38. The van der Waals surface area contributed by atoms with E-state index >= 15 is 0 Å². The predicted molar refractivity (Wildman–Crippen MR) is 61.9 cm³/mol. The second-order valence-corrected chi connectivity index (χ2v) is 5.25. The summed E-state index contributed by atoms with van der Waals surface area (Å²) in [5, 5.41) is 9.74. The van der Waals surface area contributed by atoms with Crippen molar-refractivity contribution in [3.05, 3.63) is 0 Å². The van der Waals surface area contributed by atoms with Gasteiger partial charge >= 0.3 is 0 Å². The van der Waals surface area contributed by atoms with Gasteiger partial charge in [0.05, 0.1) is 6.10 Å². The Bertz CT molecular complexity index is 182. The molecule has 0 aromatic carbocycles. The van der Waals surface area contributed by atoms with Crippen LogP contribution in [-0.2, 0) is 0 Å². The summed E-state index contributed by atoms with van der Waals surface area (Å²) >= 11 is 0. The van der Waals surface area contributed by atoms with Crippen molar-refractivity contribution in [3.8, 4) is 12.3 Å². The summed E-state index contributed by atoms with van der Waals surface area (Å²) in [4.78, 5) is 0. The normalized spacial score (nSPS) is 16.0. The molecule has 0 heterocycles. The van der Waals surface area contributed by atoms with E-state index in [2.05, 4.69) is 33.6 Å². The fraction of sp³-hybridized carbons (Fsp3) is 0.846. The van der Waals surface area contributed by atoms with Crippen molar-refractivity contribution >= 4 is 0 Å². The zero-order valence-corrected chi connectivity index (χ0v) is 10.0. The van der Waals surface area contributed by atoms with E-state index in [0.717, 1.165) is 25.7 Å². The minimum atomic E-state index is -0.183. The quantitative estimate of drug-likeness (QED) is 0.529. The van der Waals surface area contributed by atoms with Crippen molar-refractivity contribution in [2.24, 2.45) is 11.3 Å². The number of rotatable bonds is 5. The predicted octanol–water partition coefficient (Wildman–Crippen LogP) is 3.22. The summed E-state index contributed by atoms with van der Waals surface area (Å²) in [6.45, 7) is 8.84. The molecule has 0 rings (SSSR count). The number of hydrogen-bond donors (Lipinski definition) is 1. The van der Waals surface area contributed by atoms with Crippen molar-refractivity contribution < 1.29 is 5.11 Å². The van der Waals surface area contributed by atoms with E-state index in [-0.39, 0.29) is 11.5 Å². The molecule has 0 aliphatic heterocycles. The van der Waals surface area contributed by atoms with Gasteiger partial charge in [-0.15, -0.1) is 12.3 Å². The van der Waals surface area contributed by atoms with Gasteiger partial charge in [-0.25, -0.2) is 0 Å². The van der Waals surface area contributed by atoms with E-state index in [1.807, 2.05) is 0 Å². The molecule has 0 fully saturated rings. The number of terminal acetylenes is 1. The van der Waals surface area contributed by atoms with Crippen LogP contribution in [0.3, 0.4) is 0 Å². The van der Waals surface area contributed by atoms with Crippen LogP contribution in [0.25, 0.3) is 0 Å². The van der Waals surface area contributed by atoms with Gasteiger partial charge in [0.15, 0.2) is 0 Å². The second-order valence-electron chi connectivity index (χ2n) is 5.25. The first-order valence-electron chi connectivity index (χ1n) is 5.49. The van der Waals surface area contributed by atoms with Crippen molar-refractivity contribution in [1.29, 1.82) is 0 Å². The van der Waals surface area contributed by atoms with Crippen LogP contribution in [0.2, 0.25) is 0 Å². The Labute approximate surface area is 88.9 Å². The zero-order valence-electron chi connectivity index (χ0n) is 10.0. The maximum absolute atomic E-state index is 9.74. The highest BCUT2D eigenvalue weighted by Crippen LogP contribution is 2.29. The third-order valence-corrected chi connectivity index (χ3v) is 2.96. The summed E-state index contributed by atoms with van der Waals surface area (Å²) in [5.74, 6) is 3.14. The highest BCUT2D eigenvalue weighted by atomic mass is 16.3. The summed E-state index contributed by atoms with van der Waals surface area (Å²) in [5.41, 5.74) is 0.285. The maximum Gasteiger partial charge on any atom is 0.0543 e. The summed E-state index contributed by atoms with van der Waals surface area (Å²) in [6.07, 6.45) is 8.41. The van der Waals surface area contributed by atoms with Crippen LogP contribution < -0.4 is 0 Å². The van der Waals surface area contributed by atoms with Crippen molar-refractivity contribution in [3.63, 3.8) is 0 Å². The molecule has 1 N–H and O–H groups in total. The molecule has 0 spiro atoms. The molecule has 0 bridgehead atoms. The van der Waals surface area contributed by atoms with Crippen molar-refractivity contribution in [2.75, 3.05) is 0 Å². The Morgan fingerprint density at radius 3 is 2.36 bits per heavy atom. The Kier molecular flexibility index (Phi) is 5.88. The van der Waals surface area contributed by atoms with Gasteiger partial charge in [0, 0.05) is 6.42 Å². The monoisotopic (exact) mass is 196 g/mol. The molecular formula is C13H24O. The highest BCUT2D eigenvalue weighted by molar-refractivity contribution is 4.83. The molecule has 2 unspecified atom stereocenters. The van der Waals surface area contributed by atoms with Crippen LogP contribution in [-0.4, -0.2) is 11.2 Å². The second kappa shape index (κ2) is 6.09. The van der Waals surface area contributed by atoms with Crippen LogP contribution in [0.1, 0.15) is 53.4 Å². The average Bonchev–Trinajstić information content (AvgIpc) is 2.03. The SMILES string of the molecule is C#CCCCC(O)CC(C)C(C)(C)C. The Balaban J connectivity index is 3.72. The number of aliphatic hydroxyl groups excluding tert-OH is 1. The lowest BCUT2D eigenvalue weighted by molar-refractivity contribution is 0.102. The molecule has 0 aromatic heterocycles. The third-order valence-electron chi connectivity index (χ3n) is 2.96. The van der Waals surface area contributed by atoms with E-state index in [0.29, 0.717) is 5.92 Å². The maximum atomic E-state index is 9.74. The molecule has 2 atom stereocenters. The van der Waals surface area contributed by atoms with Crippen LogP contribution >= 0.6 is 0 Å². The van der Waals surface area contributed by atoms with Gasteiger partial charge in [0.2, 0.25) is 0 Å². The van der Waals surface area contributed by atoms with Gasteiger partial charge in [0.25, 0.3) is 0 Å². The van der Waals surface area contributed by atoms with E-state index in [4.69, 9.17) is 6.42 Å². The third kappa shape index (κ3) is 6.05. The molecule has 0 aliphatic carbocycles. The number of unbranched alkanes of at least 4 members (excludes halogenated alkanes) is 1. The van der Waals surface area contributed by atoms with Gasteiger partial charge < -0.3 is 5.11 Å². The lowest BCUT2D eigenvalue weighted by Gasteiger charge is -2.29. The Hall–Kier alpha value is -0.480. The van der Waals surface area contributed by atoms with Gasteiger partial charge in [0.1, 0.15) is 0 Å². The lowest BCUT2D eigenvalue weighted by atomic mass is 9.78. The minimum absolute atomic E-state index is 0.183. The smallest absolute Gasteiger partial charge is 0.0543 e.